The van der Waals surface area contributed by atoms with Crippen molar-refractivity contribution in [1.82, 2.24) is 19.8 Å². The van der Waals surface area contributed by atoms with Crippen molar-refractivity contribution >= 4 is 16.3 Å². The van der Waals surface area contributed by atoms with Crippen molar-refractivity contribution in [3.63, 3.8) is 0 Å². The Bertz CT molecular complexity index is 886. The summed E-state index contributed by atoms with van der Waals surface area (Å²) in [6, 6.07) is 5.57. The summed E-state index contributed by atoms with van der Waals surface area (Å²) in [5.74, 6) is 3.68. The van der Waals surface area contributed by atoms with Crippen LogP contribution in [0.2, 0.25) is 0 Å². The number of rotatable bonds is 4. The van der Waals surface area contributed by atoms with Gasteiger partial charge in [0.25, 0.3) is 0 Å². The highest BCUT2D eigenvalue weighted by Crippen LogP contribution is 2.40. The Kier molecular flexibility index (Phi) is 2.75. The zero-order chi connectivity index (χ0) is 15.4. The summed E-state index contributed by atoms with van der Waals surface area (Å²) in [5, 5.41) is 14.0. The van der Waals surface area contributed by atoms with Crippen molar-refractivity contribution < 1.29 is 14.2 Å². The lowest BCUT2D eigenvalue weighted by molar-refractivity contribution is 0.173. The van der Waals surface area contributed by atoms with Gasteiger partial charge in [-0.25, -0.2) is 0 Å². The minimum absolute atomic E-state index is 0.172. The van der Waals surface area contributed by atoms with Gasteiger partial charge in [-0.3, -0.25) is 0 Å². The van der Waals surface area contributed by atoms with Gasteiger partial charge in [0, 0.05) is 12.0 Å². The second-order valence-electron chi connectivity index (χ2n) is 5.74. The molecule has 0 bridgehead atoms. The van der Waals surface area contributed by atoms with Crippen molar-refractivity contribution in [3.05, 3.63) is 29.0 Å². The summed E-state index contributed by atoms with van der Waals surface area (Å²) >= 11 is 1.51. The zero-order valence-electron chi connectivity index (χ0n) is 12.4. The molecule has 0 amide bonds. The summed E-state index contributed by atoms with van der Waals surface area (Å²) in [6.07, 6.45) is 2.18. The van der Waals surface area contributed by atoms with Crippen molar-refractivity contribution in [2.75, 3.05) is 6.79 Å². The maximum absolute atomic E-state index is 5.99. The molecule has 5 rings (SSSR count). The highest BCUT2D eigenvalue weighted by Gasteiger charge is 2.30. The van der Waals surface area contributed by atoms with E-state index in [1.165, 1.54) is 24.2 Å². The molecule has 0 spiro atoms. The molecule has 1 aliphatic heterocycles. The Labute approximate surface area is 135 Å². The van der Waals surface area contributed by atoms with Crippen LogP contribution in [0.4, 0.5) is 0 Å². The predicted molar refractivity (Wildman–Crippen MR) is 82.2 cm³/mol. The van der Waals surface area contributed by atoms with Gasteiger partial charge in [-0.1, -0.05) is 11.3 Å². The van der Waals surface area contributed by atoms with Crippen LogP contribution in [0.3, 0.4) is 0 Å². The Morgan fingerprint density at radius 1 is 1.26 bits per heavy atom. The van der Waals surface area contributed by atoms with Crippen LogP contribution >= 0.6 is 11.3 Å². The van der Waals surface area contributed by atoms with E-state index in [2.05, 4.69) is 15.3 Å². The lowest BCUT2D eigenvalue weighted by atomic mass is 10.3. The average molecular weight is 330 g/mol. The topological polar surface area (TPSA) is 70.8 Å². The fourth-order valence-corrected chi connectivity index (χ4v) is 3.44. The van der Waals surface area contributed by atoms with Crippen LogP contribution in [0.15, 0.2) is 18.2 Å². The molecule has 1 atom stereocenters. The van der Waals surface area contributed by atoms with Gasteiger partial charge in [-0.05, 0) is 31.9 Å². The Hall–Kier alpha value is -2.35. The number of benzene rings is 1. The first-order chi connectivity index (χ1) is 11.3. The largest absolute Gasteiger partial charge is 0.483 e. The van der Waals surface area contributed by atoms with Crippen molar-refractivity contribution in [2.24, 2.45) is 0 Å². The van der Waals surface area contributed by atoms with E-state index in [1.807, 2.05) is 29.6 Å². The normalized spacial score (nSPS) is 17.6. The highest BCUT2D eigenvalue weighted by molar-refractivity contribution is 7.16. The minimum atomic E-state index is -0.172. The summed E-state index contributed by atoms with van der Waals surface area (Å²) in [5.41, 5.74) is 0. The molecule has 0 saturated heterocycles. The number of aromatic nitrogens is 4. The Morgan fingerprint density at radius 3 is 3.00 bits per heavy atom. The minimum Gasteiger partial charge on any atom is -0.483 e. The number of nitrogens with zero attached hydrogens (tertiary/aromatic N) is 4. The molecule has 23 heavy (non-hydrogen) atoms. The third kappa shape index (κ3) is 2.21. The standard InChI is InChI=1S/C15H14N4O3S/c1-8(22-10-4-5-11-12(6-10)21-7-20-11)14-18-19-13(9-2-3-9)16-17-15(19)23-14/h4-6,8-9H,2-3,7H2,1H3/t8-/m1/s1. The van der Waals surface area contributed by atoms with Crippen molar-refractivity contribution in [1.29, 1.82) is 0 Å². The second kappa shape index (κ2) is 4.82. The Morgan fingerprint density at radius 2 is 2.13 bits per heavy atom. The lowest BCUT2D eigenvalue weighted by Crippen LogP contribution is -2.04. The fourth-order valence-electron chi connectivity index (χ4n) is 2.61. The first-order valence-corrected chi connectivity index (χ1v) is 8.38. The maximum Gasteiger partial charge on any atom is 0.234 e. The number of hydrogen-bond donors (Lipinski definition) is 0. The summed E-state index contributed by atoms with van der Waals surface area (Å²) < 4.78 is 18.5. The van der Waals surface area contributed by atoms with Gasteiger partial charge in [0.05, 0.1) is 0 Å². The van der Waals surface area contributed by atoms with E-state index in [1.54, 1.807) is 0 Å². The molecular weight excluding hydrogens is 316 g/mol. The van der Waals surface area contributed by atoms with E-state index in [0.29, 0.717) is 11.7 Å². The number of hydrogen-bond acceptors (Lipinski definition) is 7. The monoisotopic (exact) mass is 330 g/mol. The first-order valence-electron chi connectivity index (χ1n) is 7.56. The third-order valence-corrected chi connectivity index (χ3v) is 5.04. The molecule has 1 aliphatic carbocycles. The first kappa shape index (κ1) is 13.1. The molecule has 0 radical (unpaired) electrons. The second-order valence-corrected chi connectivity index (χ2v) is 6.73. The number of fused-ring (bicyclic) bond motifs is 2. The van der Waals surface area contributed by atoms with Gasteiger partial charge < -0.3 is 14.2 Å². The van der Waals surface area contributed by atoms with Gasteiger partial charge in [-0.15, -0.1) is 10.2 Å². The molecule has 3 heterocycles. The van der Waals surface area contributed by atoms with E-state index in [0.717, 1.165) is 27.3 Å². The van der Waals surface area contributed by atoms with Gasteiger partial charge in [0.1, 0.15) is 11.9 Å². The molecular formula is C15H14N4O3S. The van der Waals surface area contributed by atoms with Gasteiger partial charge in [0.15, 0.2) is 22.3 Å². The van der Waals surface area contributed by atoms with E-state index in [9.17, 15) is 0 Å². The van der Waals surface area contributed by atoms with Gasteiger partial charge >= 0.3 is 0 Å². The van der Waals surface area contributed by atoms with Crippen molar-refractivity contribution in [2.45, 2.75) is 31.8 Å². The van der Waals surface area contributed by atoms with Crippen LogP contribution in [0.25, 0.3) is 4.96 Å². The predicted octanol–water partition coefficient (Wildman–Crippen LogP) is 2.93. The zero-order valence-corrected chi connectivity index (χ0v) is 13.2. The quantitative estimate of drug-likeness (QED) is 0.732. The van der Waals surface area contributed by atoms with Crippen LogP contribution in [-0.2, 0) is 0 Å². The van der Waals surface area contributed by atoms with Crippen LogP contribution in [0, 0.1) is 0 Å². The lowest BCUT2D eigenvalue weighted by Gasteiger charge is -2.12. The maximum atomic E-state index is 5.99. The summed E-state index contributed by atoms with van der Waals surface area (Å²) in [4.78, 5) is 0.822. The van der Waals surface area contributed by atoms with Crippen LogP contribution in [-0.4, -0.2) is 26.6 Å². The van der Waals surface area contributed by atoms with Gasteiger partial charge in [-0.2, -0.15) is 9.61 Å². The molecule has 7 nitrogen and oxygen atoms in total. The average Bonchev–Trinajstić information content (AvgIpc) is 2.98. The SMILES string of the molecule is C[C@@H](Oc1ccc2c(c1)OCO2)c1nn2c(C3CC3)nnc2s1. The van der Waals surface area contributed by atoms with E-state index in [-0.39, 0.29) is 12.9 Å². The van der Waals surface area contributed by atoms with Crippen molar-refractivity contribution in [3.8, 4) is 17.2 Å². The van der Waals surface area contributed by atoms with Gasteiger partial charge in [0.2, 0.25) is 11.8 Å². The molecule has 1 saturated carbocycles. The smallest absolute Gasteiger partial charge is 0.234 e. The van der Waals surface area contributed by atoms with Crippen LogP contribution in [0.5, 0.6) is 17.2 Å². The molecule has 0 unspecified atom stereocenters. The molecule has 1 fully saturated rings. The summed E-state index contributed by atoms with van der Waals surface area (Å²) in [7, 11) is 0. The Balaban J connectivity index is 1.40. The third-order valence-electron chi connectivity index (χ3n) is 3.98. The molecule has 3 aromatic rings. The van der Waals surface area contributed by atoms with E-state index >= 15 is 0 Å². The molecule has 118 valence electrons. The highest BCUT2D eigenvalue weighted by atomic mass is 32.1. The fraction of sp³-hybridized carbons (Fsp3) is 0.400. The molecule has 2 aromatic heterocycles. The molecule has 0 N–H and O–H groups in total. The summed E-state index contributed by atoms with van der Waals surface area (Å²) in [6.45, 7) is 2.24. The molecule has 8 heteroatoms. The van der Waals surface area contributed by atoms with E-state index in [4.69, 9.17) is 14.2 Å². The molecule has 2 aliphatic rings. The molecule has 1 aromatic carbocycles. The number of ether oxygens (including phenoxy) is 3. The van der Waals surface area contributed by atoms with Crippen LogP contribution in [0.1, 0.15) is 42.6 Å². The van der Waals surface area contributed by atoms with E-state index < -0.39 is 0 Å². The van der Waals surface area contributed by atoms with Crippen LogP contribution < -0.4 is 14.2 Å².